The number of aromatic amines is 1. The van der Waals surface area contributed by atoms with Crippen LogP contribution in [0.2, 0.25) is 5.02 Å². The minimum absolute atomic E-state index is 0.0579. The zero-order chi connectivity index (χ0) is 11.5. The minimum Gasteiger partial charge on any atom is -0.437 e. The maximum Gasteiger partial charge on any atom is 0.277 e. The number of hydrogen-bond donors (Lipinski definition) is 2. The third kappa shape index (κ3) is 2.14. The molecule has 0 unspecified atom stereocenters. The molecule has 0 spiro atoms. The summed E-state index contributed by atoms with van der Waals surface area (Å²) in [6, 6.07) is 6.65. The van der Waals surface area contributed by atoms with Gasteiger partial charge in [0.25, 0.3) is 5.56 Å². The van der Waals surface area contributed by atoms with Crippen LogP contribution >= 0.6 is 11.6 Å². The number of rotatable bonds is 2. The van der Waals surface area contributed by atoms with Crippen LogP contribution in [0, 0.1) is 0 Å². The monoisotopic (exact) mass is 237 g/mol. The number of nitrogens with one attached hydrogen (secondary N) is 1. The van der Waals surface area contributed by atoms with E-state index in [0.29, 0.717) is 10.8 Å². The van der Waals surface area contributed by atoms with Gasteiger partial charge in [-0.25, -0.2) is 4.98 Å². The highest BCUT2D eigenvalue weighted by Crippen LogP contribution is 2.23. The third-order valence-corrected chi connectivity index (χ3v) is 2.13. The molecule has 0 bridgehead atoms. The van der Waals surface area contributed by atoms with Gasteiger partial charge in [-0.05, 0) is 24.3 Å². The smallest absolute Gasteiger partial charge is 0.277 e. The predicted octanol–water partition coefficient (Wildman–Crippen LogP) is 1.80. The van der Waals surface area contributed by atoms with Crippen molar-refractivity contribution in [2.45, 2.75) is 0 Å². The highest BCUT2D eigenvalue weighted by Gasteiger charge is 2.06. The number of nitrogens with zero attached hydrogens (tertiary/aromatic N) is 1. The molecule has 1 aromatic carbocycles. The van der Waals surface area contributed by atoms with Crippen molar-refractivity contribution in [3.05, 3.63) is 46.0 Å². The maximum absolute atomic E-state index is 11.2. The Morgan fingerprint density at radius 1 is 1.31 bits per heavy atom. The molecule has 2 rings (SSSR count). The van der Waals surface area contributed by atoms with Gasteiger partial charge < -0.3 is 15.5 Å². The number of halogens is 1. The fourth-order valence-electron chi connectivity index (χ4n) is 1.09. The number of ether oxygens (including phenoxy) is 1. The van der Waals surface area contributed by atoms with E-state index < -0.39 is 5.56 Å². The first-order valence-electron chi connectivity index (χ1n) is 4.43. The molecule has 0 fully saturated rings. The normalized spacial score (nSPS) is 10.1. The van der Waals surface area contributed by atoms with E-state index in [2.05, 4.69) is 9.97 Å². The Balaban J connectivity index is 2.30. The van der Waals surface area contributed by atoms with Crippen molar-refractivity contribution in [3.63, 3.8) is 0 Å². The van der Waals surface area contributed by atoms with E-state index in [4.69, 9.17) is 22.1 Å². The van der Waals surface area contributed by atoms with Gasteiger partial charge in [0.2, 0.25) is 5.88 Å². The van der Waals surface area contributed by atoms with Gasteiger partial charge in [-0.1, -0.05) is 11.6 Å². The van der Waals surface area contributed by atoms with E-state index in [9.17, 15) is 4.79 Å². The van der Waals surface area contributed by atoms with E-state index in [1.807, 2.05) is 0 Å². The Hall–Kier alpha value is -2.01. The number of benzene rings is 1. The molecule has 16 heavy (non-hydrogen) atoms. The second-order valence-electron chi connectivity index (χ2n) is 3.01. The van der Waals surface area contributed by atoms with Gasteiger partial charge in [-0.15, -0.1) is 0 Å². The van der Waals surface area contributed by atoms with Crippen molar-refractivity contribution in [2.75, 3.05) is 5.73 Å². The topological polar surface area (TPSA) is 81.0 Å². The molecule has 82 valence electrons. The Kier molecular flexibility index (Phi) is 2.78. The van der Waals surface area contributed by atoms with Gasteiger partial charge >= 0.3 is 0 Å². The summed E-state index contributed by atoms with van der Waals surface area (Å²) < 4.78 is 5.33. The summed E-state index contributed by atoms with van der Waals surface area (Å²) >= 11 is 5.72. The van der Waals surface area contributed by atoms with Crippen molar-refractivity contribution in [1.82, 2.24) is 9.97 Å². The van der Waals surface area contributed by atoms with Gasteiger partial charge in [0.05, 0.1) is 6.33 Å². The molecule has 0 atom stereocenters. The van der Waals surface area contributed by atoms with Crippen molar-refractivity contribution >= 4 is 17.3 Å². The summed E-state index contributed by atoms with van der Waals surface area (Å²) in [5.74, 6) is 0.584. The predicted molar refractivity (Wildman–Crippen MR) is 60.8 cm³/mol. The second-order valence-corrected chi connectivity index (χ2v) is 3.44. The maximum atomic E-state index is 11.2. The van der Waals surface area contributed by atoms with Crippen LogP contribution in [-0.2, 0) is 0 Å². The summed E-state index contributed by atoms with van der Waals surface area (Å²) in [4.78, 5) is 17.3. The molecular weight excluding hydrogens is 230 g/mol. The average molecular weight is 238 g/mol. The van der Waals surface area contributed by atoms with Gasteiger partial charge in [-0.3, -0.25) is 4.79 Å². The lowest BCUT2D eigenvalue weighted by Gasteiger charge is -2.05. The van der Waals surface area contributed by atoms with Gasteiger partial charge in [-0.2, -0.15) is 0 Å². The van der Waals surface area contributed by atoms with Crippen LogP contribution in [-0.4, -0.2) is 9.97 Å². The van der Waals surface area contributed by atoms with Crippen LogP contribution in [0.5, 0.6) is 11.6 Å². The Bertz CT molecular complexity index is 551. The van der Waals surface area contributed by atoms with Crippen molar-refractivity contribution < 1.29 is 4.74 Å². The molecule has 0 aliphatic heterocycles. The average Bonchev–Trinajstić information content (AvgIpc) is 2.28. The van der Waals surface area contributed by atoms with Gasteiger partial charge in [0, 0.05) is 5.02 Å². The number of nitrogens with two attached hydrogens (primary N) is 1. The molecule has 0 saturated carbocycles. The molecule has 6 heteroatoms. The van der Waals surface area contributed by atoms with Crippen molar-refractivity contribution in [2.24, 2.45) is 0 Å². The van der Waals surface area contributed by atoms with E-state index in [0.717, 1.165) is 0 Å². The molecule has 0 saturated heterocycles. The van der Waals surface area contributed by atoms with E-state index in [-0.39, 0.29) is 11.6 Å². The Labute approximate surface area is 95.8 Å². The van der Waals surface area contributed by atoms with Gasteiger partial charge in [0.15, 0.2) is 5.69 Å². The first-order valence-corrected chi connectivity index (χ1v) is 4.81. The molecule has 5 nitrogen and oxygen atoms in total. The Morgan fingerprint density at radius 3 is 2.69 bits per heavy atom. The molecular formula is C10H8ClN3O2. The fourth-order valence-corrected chi connectivity index (χ4v) is 1.22. The van der Waals surface area contributed by atoms with E-state index >= 15 is 0 Å². The highest BCUT2D eigenvalue weighted by atomic mass is 35.5. The summed E-state index contributed by atoms with van der Waals surface area (Å²) in [7, 11) is 0. The summed E-state index contributed by atoms with van der Waals surface area (Å²) in [6.45, 7) is 0. The first kappa shape index (κ1) is 10.5. The van der Waals surface area contributed by atoms with Crippen LogP contribution in [0.25, 0.3) is 0 Å². The molecule has 0 radical (unpaired) electrons. The standard InChI is InChI=1S/C10H8ClN3O2/c11-6-1-3-7(4-2-6)16-10-8(12)9(15)13-5-14-10/h1-5H,12H2,(H,13,14,15). The van der Waals surface area contributed by atoms with Gasteiger partial charge in [0.1, 0.15) is 5.75 Å². The largest absolute Gasteiger partial charge is 0.437 e. The van der Waals surface area contributed by atoms with E-state index in [1.54, 1.807) is 24.3 Å². The van der Waals surface area contributed by atoms with Crippen LogP contribution in [0.3, 0.4) is 0 Å². The zero-order valence-electron chi connectivity index (χ0n) is 8.11. The zero-order valence-corrected chi connectivity index (χ0v) is 8.86. The lowest BCUT2D eigenvalue weighted by molar-refractivity contribution is 0.463. The van der Waals surface area contributed by atoms with Crippen molar-refractivity contribution in [3.8, 4) is 11.6 Å². The number of aromatic nitrogens is 2. The highest BCUT2D eigenvalue weighted by molar-refractivity contribution is 6.30. The minimum atomic E-state index is -0.432. The molecule has 3 N–H and O–H groups in total. The summed E-state index contributed by atoms with van der Waals surface area (Å²) in [5, 5.41) is 0.596. The lowest BCUT2D eigenvalue weighted by atomic mass is 10.3. The number of H-pyrrole nitrogens is 1. The molecule has 0 amide bonds. The van der Waals surface area contributed by atoms with E-state index in [1.165, 1.54) is 6.33 Å². The van der Waals surface area contributed by atoms with Crippen LogP contribution in [0.1, 0.15) is 0 Å². The molecule has 1 aromatic heterocycles. The second kappa shape index (κ2) is 4.24. The van der Waals surface area contributed by atoms with Crippen molar-refractivity contribution in [1.29, 1.82) is 0 Å². The summed E-state index contributed by atoms with van der Waals surface area (Å²) in [6.07, 6.45) is 1.23. The number of nitrogen functional groups attached to an aromatic ring is 1. The fraction of sp³-hybridized carbons (Fsp3) is 0. The first-order chi connectivity index (χ1) is 7.66. The molecule has 0 aliphatic rings. The third-order valence-electron chi connectivity index (χ3n) is 1.88. The summed E-state index contributed by atoms with van der Waals surface area (Å²) in [5.41, 5.74) is 5.01. The SMILES string of the molecule is Nc1c(Oc2ccc(Cl)cc2)nc[nH]c1=O. The molecule has 2 aromatic rings. The molecule has 1 heterocycles. The molecule has 0 aliphatic carbocycles. The van der Waals surface area contributed by atoms with Crippen LogP contribution < -0.4 is 16.0 Å². The van der Waals surface area contributed by atoms with Crippen LogP contribution in [0.4, 0.5) is 5.69 Å². The Morgan fingerprint density at radius 2 is 2.00 bits per heavy atom. The number of anilines is 1. The number of hydrogen-bond acceptors (Lipinski definition) is 4. The quantitative estimate of drug-likeness (QED) is 0.835. The lowest BCUT2D eigenvalue weighted by Crippen LogP contribution is -2.13. The van der Waals surface area contributed by atoms with Crippen LogP contribution in [0.15, 0.2) is 35.4 Å².